The average molecular weight is 667 g/mol. The topological polar surface area (TPSA) is 77.8 Å². The lowest BCUT2D eigenvalue weighted by Crippen LogP contribution is -2.01. The molecular weight excluding hydrogens is 641 g/mol. The van der Waals surface area contributed by atoms with Crippen LogP contribution >= 0.6 is 0 Å². The third-order valence-corrected chi connectivity index (χ3v) is 9.91. The van der Waals surface area contributed by atoms with Crippen LogP contribution in [0.2, 0.25) is 0 Å². The molecule has 0 fully saturated rings. The molecule has 0 aliphatic rings. The molecule has 11 rings (SSSR count). The SMILES string of the molecule is c1ccc(-c2nc3cc4oc5cc(-c6nc(-c7ccc8ccccc8c7)nc(-c7cc8ccccc8c8ccccc78)n6)ccc5c4cc3o2)cc1. The summed E-state index contributed by atoms with van der Waals surface area (Å²) in [5.41, 5.74) is 6.56. The van der Waals surface area contributed by atoms with Crippen molar-refractivity contribution < 1.29 is 8.83 Å². The minimum Gasteiger partial charge on any atom is -0.456 e. The van der Waals surface area contributed by atoms with Crippen molar-refractivity contribution in [3.63, 3.8) is 0 Å². The molecule has 0 N–H and O–H groups in total. The van der Waals surface area contributed by atoms with Gasteiger partial charge in [0.2, 0.25) is 5.89 Å². The van der Waals surface area contributed by atoms with Gasteiger partial charge in [0.05, 0.1) is 0 Å². The monoisotopic (exact) mass is 666 g/mol. The summed E-state index contributed by atoms with van der Waals surface area (Å²) in [5.74, 6) is 2.37. The van der Waals surface area contributed by atoms with Gasteiger partial charge in [-0.1, -0.05) is 109 Å². The van der Waals surface area contributed by atoms with E-state index in [4.69, 9.17) is 28.8 Å². The lowest BCUT2D eigenvalue weighted by atomic mass is 9.97. The third kappa shape index (κ3) is 4.58. The lowest BCUT2D eigenvalue weighted by molar-refractivity contribution is 0.620. The van der Waals surface area contributed by atoms with Crippen LogP contribution in [0.5, 0.6) is 0 Å². The van der Waals surface area contributed by atoms with Gasteiger partial charge < -0.3 is 8.83 Å². The molecule has 0 aliphatic heterocycles. The first kappa shape index (κ1) is 28.6. The van der Waals surface area contributed by atoms with Crippen molar-refractivity contribution in [3.05, 3.63) is 158 Å². The standard InChI is InChI=1S/C46H26N4O2/c1-2-11-28(12-3-1)46-47-39-26-41-37(25-42(39)52-46)36-21-20-32(24-40(36)51-41)44-48-43(31-19-18-27-10-4-5-13-29(27)22-31)49-45(50-44)38-23-30-14-6-7-15-33(30)34-16-8-9-17-35(34)38/h1-26H. The van der Waals surface area contributed by atoms with Crippen molar-refractivity contribution >= 4 is 65.4 Å². The molecule has 6 nitrogen and oxygen atoms in total. The van der Waals surface area contributed by atoms with E-state index < -0.39 is 0 Å². The highest BCUT2D eigenvalue weighted by Gasteiger charge is 2.19. The quantitative estimate of drug-likeness (QED) is 0.174. The summed E-state index contributed by atoms with van der Waals surface area (Å²) in [7, 11) is 0. The fourth-order valence-corrected chi connectivity index (χ4v) is 7.36. The van der Waals surface area contributed by atoms with Crippen molar-refractivity contribution in [2.75, 3.05) is 0 Å². The van der Waals surface area contributed by atoms with Crippen molar-refractivity contribution in [2.24, 2.45) is 0 Å². The Morgan fingerprint density at radius 1 is 0.327 bits per heavy atom. The highest BCUT2D eigenvalue weighted by molar-refractivity contribution is 6.13. The van der Waals surface area contributed by atoms with E-state index in [0.717, 1.165) is 76.6 Å². The maximum Gasteiger partial charge on any atom is 0.227 e. The van der Waals surface area contributed by atoms with E-state index in [0.29, 0.717) is 28.9 Å². The Balaban J connectivity index is 1.10. The van der Waals surface area contributed by atoms with Crippen LogP contribution in [0.15, 0.2) is 167 Å². The Hall–Kier alpha value is -7.18. The first-order valence-corrected chi connectivity index (χ1v) is 17.2. The molecule has 6 heteroatoms. The molecule has 0 amide bonds. The van der Waals surface area contributed by atoms with Gasteiger partial charge in [0.25, 0.3) is 0 Å². The van der Waals surface area contributed by atoms with E-state index in [1.54, 1.807) is 0 Å². The number of hydrogen-bond donors (Lipinski definition) is 0. The number of nitrogens with zero attached hydrogens (tertiary/aromatic N) is 4. The number of furan rings is 1. The Morgan fingerprint density at radius 2 is 0.981 bits per heavy atom. The molecule has 52 heavy (non-hydrogen) atoms. The molecule has 8 aromatic carbocycles. The molecule has 0 saturated carbocycles. The molecule has 3 heterocycles. The second-order valence-electron chi connectivity index (χ2n) is 13.1. The molecule has 0 saturated heterocycles. The second kappa shape index (κ2) is 11.2. The molecule has 3 aromatic heterocycles. The molecule has 242 valence electrons. The number of benzene rings is 8. The number of oxazole rings is 1. The number of fused-ring (bicyclic) bond motifs is 8. The van der Waals surface area contributed by atoms with Crippen LogP contribution in [0.3, 0.4) is 0 Å². The molecule has 0 bridgehead atoms. The van der Waals surface area contributed by atoms with Gasteiger partial charge in [0.15, 0.2) is 23.1 Å². The highest BCUT2D eigenvalue weighted by Crippen LogP contribution is 2.38. The Labute approximate surface area is 296 Å². The van der Waals surface area contributed by atoms with Gasteiger partial charge in [0, 0.05) is 39.1 Å². The highest BCUT2D eigenvalue weighted by atomic mass is 16.4. The van der Waals surface area contributed by atoms with E-state index in [-0.39, 0.29) is 0 Å². The van der Waals surface area contributed by atoms with Gasteiger partial charge in [-0.05, 0) is 74.8 Å². The zero-order valence-corrected chi connectivity index (χ0v) is 27.6. The zero-order chi connectivity index (χ0) is 34.2. The predicted molar refractivity (Wildman–Crippen MR) is 209 cm³/mol. The summed E-state index contributed by atoms with van der Waals surface area (Å²) >= 11 is 0. The first-order chi connectivity index (χ1) is 25.7. The van der Waals surface area contributed by atoms with E-state index in [9.17, 15) is 0 Å². The fourth-order valence-electron chi connectivity index (χ4n) is 7.36. The van der Waals surface area contributed by atoms with Crippen LogP contribution in [-0.2, 0) is 0 Å². The van der Waals surface area contributed by atoms with Crippen LogP contribution in [0, 0.1) is 0 Å². The molecule has 11 aromatic rings. The van der Waals surface area contributed by atoms with Gasteiger partial charge >= 0.3 is 0 Å². The van der Waals surface area contributed by atoms with Gasteiger partial charge in [-0.25, -0.2) is 19.9 Å². The van der Waals surface area contributed by atoms with E-state index >= 15 is 0 Å². The van der Waals surface area contributed by atoms with Crippen molar-refractivity contribution in [2.45, 2.75) is 0 Å². The lowest BCUT2D eigenvalue weighted by Gasteiger charge is -2.12. The smallest absolute Gasteiger partial charge is 0.227 e. The number of rotatable bonds is 4. The van der Waals surface area contributed by atoms with Gasteiger partial charge in [-0.3, -0.25) is 0 Å². The van der Waals surface area contributed by atoms with Crippen molar-refractivity contribution in [3.8, 4) is 45.6 Å². The Morgan fingerprint density at radius 3 is 1.83 bits per heavy atom. The summed E-state index contributed by atoms with van der Waals surface area (Å²) in [6.45, 7) is 0. The second-order valence-corrected chi connectivity index (χ2v) is 13.1. The van der Waals surface area contributed by atoms with Crippen LogP contribution in [0.1, 0.15) is 0 Å². The predicted octanol–water partition coefficient (Wildman–Crippen LogP) is 12.0. The minimum absolute atomic E-state index is 0.565. The van der Waals surface area contributed by atoms with Crippen LogP contribution < -0.4 is 0 Å². The molecule has 0 atom stereocenters. The van der Waals surface area contributed by atoms with Crippen molar-refractivity contribution in [1.29, 1.82) is 0 Å². The third-order valence-electron chi connectivity index (χ3n) is 9.91. The van der Waals surface area contributed by atoms with E-state index in [1.807, 2.05) is 48.5 Å². The largest absolute Gasteiger partial charge is 0.456 e. The summed E-state index contributed by atoms with van der Waals surface area (Å²) in [6, 6.07) is 53.8. The fraction of sp³-hybridized carbons (Fsp3) is 0. The summed E-state index contributed by atoms with van der Waals surface area (Å²) in [5, 5.41) is 8.79. The Bertz CT molecular complexity index is 3200. The van der Waals surface area contributed by atoms with E-state index in [2.05, 4.69) is 109 Å². The maximum atomic E-state index is 6.47. The molecule has 0 unspecified atom stereocenters. The average Bonchev–Trinajstić information content (AvgIpc) is 3.79. The molecule has 0 radical (unpaired) electrons. The van der Waals surface area contributed by atoms with Crippen LogP contribution in [-0.4, -0.2) is 19.9 Å². The minimum atomic E-state index is 0.565. The number of aromatic nitrogens is 4. The summed E-state index contributed by atoms with van der Waals surface area (Å²) in [6.07, 6.45) is 0. The molecule has 0 aliphatic carbocycles. The summed E-state index contributed by atoms with van der Waals surface area (Å²) in [4.78, 5) is 20.2. The zero-order valence-electron chi connectivity index (χ0n) is 27.6. The van der Waals surface area contributed by atoms with Gasteiger partial charge in [-0.15, -0.1) is 0 Å². The Kier molecular flexibility index (Phi) is 6.15. The first-order valence-electron chi connectivity index (χ1n) is 17.2. The molecule has 0 spiro atoms. The summed E-state index contributed by atoms with van der Waals surface area (Å²) < 4.78 is 12.7. The van der Waals surface area contributed by atoms with Gasteiger partial charge in [-0.2, -0.15) is 0 Å². The normalized spacial score (nSPS) is 11.8. The number of hydrogen-bond acceptors (Lipinski definition) is 6. The van der Waals surface area contributed by atoms with Crippen LogP contribution in [0.25, 0.3) is 111 Å². The molecular formula is C46H26N4O2. The van der Waals surface area contributed by atoms with Crippen molar-refractivity contribution in [1.82, 2.24) is 19.9 Å². The van der Waals surface area contributed by atoms with Gasteiger partial charge in [0.1, 0.15) is 16.7 Å². The van der Waals surface area contributed by atoms with Crippen LogP contribution in [0.4, 0.5) is 0 Å². The van der Waals surface area contributed by atoms with E-state index in [1.165, 1.54) is 5.39 Å². The maximum absolute atomic E-state index is 6.47.